The summed E-state index contributed by atoms with van der Waals surface area (Å²) in [6.07, 6.45) is -4.51. The maximum Gasteiger partial charge on any atom is 0.416 e. The van der Waals surface area contributed by atoms with Crippen LogP contribution in [0.2, 0.25) is 0 Å². The van der Waals surface area contributed by atoms with Gasteiger partial charge in [-0.25, -0.2) is 13.2 Å². The second-order valence-corrected chi connectivity index (χ2v) is 15.5. The van der Waals surface area contributed by atoms with Gasteiger partial charge in [0.2, 0.25) is 0 Å². The average molecular weight is 805 g/mol. The second-order valence-electron chi connectivity index (χ2n) is 15.5. The van der Waals surface area contributed by atoms with Crippen LogP contribution in [0.15, 0.2) is 182 Å². The Morgan fingerprint density at radius 1 is 0.295 bits per heavy atom. The monoisotopic (exact) mass is 804 g/mol. The fraction of sp³-hybridized carbons (Fsp3) is 0.0182. The lowest BCUT2D eigenvalue weighted by molar-refractivity contribution is -0.137. The second kappa shape index (κ2) is 13.8. The highest BCUT2D eigenvalue weighted by Gasteiger charge is 2.30. The highest BCUT2D eigenvalue weighted by atomic mass is 19.4. The van der Waals surface area contributed by atoms with Gasteiger partial charge in [-0.2, -0.15) is 13.2 Å². The summed E-state index contributed by atoms with van der Waals surface area (Å²) in [6, 6.07) is 55.7. The lowest BCUT2D eigenvalue weighted by Crippen LogP contribution is -2.04. The van der Waals surface area contributed by atoms with E-state index in [0.717, 1.165) is 105 Å². The molecule has 11 aromatic rings. The Balaban J connectivity index is 1.34. The van der Waals surface area contributed by atoms with Crippen molar-refractivity contribution in [3.05, 3.63) is 205 Å². The summed E-state index contributed by atoms with van der Waals surface area (Å²) in [4.78, 5) is 0. The molecule has 0 nitrogen and oxygen atoms in total. The lowest BCUT2D eigenvalue weighted by atomic mass is 9.82. The van der Waals surface area contributed by atoms with Crippen molar-refractivity contribution >= 4 is 64.6 Å². The molecule has 11 aromatic carbocycles. The van der Waals surface area contributed by atoms with Gasteiger partial charge in [0.25, 0.3) is 0 Å². The van der Waals surface area contributed by atoms with E-state index in [1.54, 1.807) is 6.07 Å². The van der Waals surface area contributed by atoms with Gasteiger partial charge in [-0.3, -0.25) is 0 Å². The van der Waals surface area contributed by atoms with E-state index in [2.05, 4.69) is 60.7 Å². The molecule has 0 bridgehead atoms. The van der Waals surface area contributed by atoms with Gasteiger partial charge in [-0.15, -0.1) is 0 Å². The van der Waals surface area contributed by atoms with E-state index in [4.69, 9.17) is 0 Å². The number of halogens is 6. The minimum atomic E-state index is -4.51. The standard InChI is InChI=1S/C55H30F6/c56-51-29-36(30-52(57)54(51)58)35-26-47(46-24-33-10-1-3-14-39(33)42-16-5-7-18-44(42)46)48-28-37-22-32(31-12-9-13-38(23-31)55(59,60)61)20-21-41(37)53(50(48)27-35)49-25-34-11-2-4-15-40(34)43-17-6-8-19-45(43)49/h1-30H. The molecule has 61 heavy (non-hydrogen) atoms. The molecule has 11 rings (SSSR count). The Morgan fingerprint density at radius 3 is 1.46 bits per heavy atom. The lowest BCUT2D eigenvalue weighted by Gasteiger charge is -2.21. The van der Waals surface area contributed by atoms with Crippen molar-refractivity contribution in [3.63, 3.8) is 0 Å². The summed E-state index contributed by atoms with van der Waals surface area (Å²) in [5.41, 5.74) is 4.30. The van der Waals surface area contributed by atoms with E-state index in [1.165, 1.54) is 12.1 Å². The van der Waals surface area contributed by atoms with E-state index in [1.807, 2.05) is 84.9 Å². The molecular weight excluding hydrogens is 775 g/mol. The molecule has 6 heteroatoms. The maximum absolute atomic E-state index is 15.1. The molecule has 0 radical (unpaired) electrons. The van der Waals surface area contributed by atoms with Crippen molar-refractivity contribution in [1.82, 2.24) is 0 Å². The molecule has 0 aliphatic rings. The van der Waals surface area contributed by atoms with Gasteiger partial charge in [-0.1, -0.05) is 121 Å². The number of alkyl halides is 3. The quantitative estimate of drug-likeness (QED) is 0.0719. The van der Waals surface area contributed by atoms with Crippen LogP contribution in [-0.2, 0) is 6.18 Å². The Kier molecular flexibility index (Phi) is 8.30. The first-order chi connectivity index (χ1) is 29.6. The highest BCUT2D eigenvalue weighted by Crippen LogP contribution is 2.48. The van der Waals surface area contributed by atoms with Crippen LogP contribution >= 0.6 is 0 Å². The maximum atomic E-state index is 15.1. The predicted molar refractivity (Wildman–Crippen MR) is 238 cm³/mol. The van der Waals surface area contributed by atoms with Crippen molar-refractivity contribution < 1.29 is 26.3 Å². The third kappa shape index (κ3) is 6.01. The zero-order valence-electron chi connectivity index (χ0n) is 32.1. The minimum Gasteiger partial charge on any atom is -0.204 e. The van der Waals surface area contributed by atoms with Crippen LogP contribution in [0.4, 0.5) is 26.3 Å². The van der Waals surface area contributed by atoms with Crippen LogP contribution < -0.4 is 0 Å². The van der Waals surface area contributed by atoms with Crippen LogP contribution in [0.3, 0.4) is 0 Å². The highest BCUT2D eigenvalue weighted by molar-refractivity contribution is 6.25. The molecule has 0 fully saturated rings. The van der Waals surface area contributed by atoms with Crippen molar-refractivity contribution in [1.29, 1.82) is 0 Å². The molecule has 0 atom stereocenters. The molecule has 0 aliphatic heterocycles. The SMILES string of the molecule is Fc1cc(-c2cc(-c3cc4ccccc4c4ccccc34)c3cc4cc(-c5cccc(C(F)(F)F)c5)ccc4c(-c4cc5ccccc5c5ccccc45)c3c2)cc(F)c1F. The van der Waals surface area contributed by atoms with Gasteiger partial charge >= 0.3 is 6.18 Å². The smallest absolute Gasteiger partial charge is 0.204 e. The molecule has 0 saturated carbocycles. The van der Waals surface area contributed by atoms with Crippen LogP contribution in [0, 0.1) is 17.5 Å². The van der Waals surface area contributed by atoms with Gasteiger partial charge < -0.3 is 0 Å². The number of rotatable bonds is 4. The average Bonchev–Trinajstić information content (AvgIpc) is 3.28. The van der Waals surface area contributed by atoms with E-state index in [9.17, 15) is 17.6 Å². The summed E-state index contributed by atoms with van der Waals surface area (Å²) >= 11 is 0. The van der Waals surface area contributed by atoms with Gasteiger partial charge in [0.1, 0.15) is 0 Å². The Bertz CT molecular complexity index is 3600. The fourth-order valence-corrected chi connectivity index (χ4v) is 9.22. The molecule has 0 heterocycles. The fourth-order valence-electron chi connectivity index (χ4n) is 9.22. The molecule has 0 aromatic heterocycles. The predicted octanol–water partition coefficient (Wildman–Crippen LogP) is 16.7. The third-order valence-corrected chi connectivity index (χ3v) is 12.0. The van der Waals surface area contributed by atoms with E-state index in [0.29, 0.717) is 16.7 Å². The number of benzene rings is 11. The van der Waals surface area contributed by atoms with E-state index >= 15 is 8.78 Å². The van der Waals surface area contributed by atoms with E-state index in [-0.39, 0.29) is 5.56 Å². The number of hydrogen-bond acceptors (Lipinski definition) is 0. The minimum absolute atomic E-state index is 0.166. The van der Waals surface area contributed by atoms with Crippen LogP contribution in [-0.4, -0.2) is 0 Å². The molecule has 0 amide bonds. The normalized spacial score (nSPS) is 12.1. The number of fused-ring (bicyclic) bond motifs is 8. The van der Waals surface area contributed by atoms with Crippen molar-refractivity contribution in [2.24, 2.45) is 0 Å². The third-order valence-electron chi connectivity index (χ3n) is 12.0. The molecule has 0 unspecified atom stereocenters. The molecule has 0 saturated heterocycles. The Labute approximate surface area is 345 Å². The summed E-state index contributed by atoms with van der Waals surface area (Å²) < 4.78 is 86.6. The first kappa shape index (κ1) is 36.6. The van der Waals surface area contributed by atoms with Crippen LogP contribution in [0.25, 0.3) is 109 Å². The van der Waals surface area contributed by atoms with Crippen molar-refractivity contribution in [2.45, 2.75) is 6.18 Å². The van der Waals surface area contributed by atoms with Gasteiger partial charge in [0.05, 0.1) is 5.56 Å². The largest absolute Gasteiger partial charge is 0.416 e. The van der Waals surface area contributed by atoms with Gasteiger partial charge in [0.15, 0.2) is 17.5 Å². The summed E-state index contributed by atoms with van der Waals surface area (Å²) in [5.74, 6) is -4.14. The van der Waals surface area contributed by atoms with Crippen molar-refractivity contribution in [3.8, 4) is 44.5 Å². The zero-order valence-corrected chi connectivity index (χ0v) is 32.1. The van der Waals surface area contributed by atoms with Crippen LogP contribution in [0.1, 0.15) is 5.56 Å². The van der Waals surface area contributed by atoms with Gasteiger partial charge in [0, 0.05) is 0 Å². The number of hydrogen-bond donors (Lipinski definition) is 0. The van der Waals surface area contributed by atoms with Gasteiger partial charge in [-0.05, 0) is 170 Å². The molecule has 0 N–H and O–H groups in total. The van der Waals surface area contributed by atoms with Crippen LogP contribution in [0.5, 0.6) is 0 Å². The molecule has 0 spiro atoms. The molecular formula is C55H30F6. The van der Waals surface area contributed by atoms with E-state index < -0.39 is 29.2 Å². The first-order valence-corrected chi connectivity index (χ1v) is 19.8. The first-order valence-electron chi connectivity index (χ1n) is 19.8. The summed E-state index contributed by atoms with van der Waals surface area (Å²) in [5, 5.41) is 11.3. The molecule has 292 valence electrons. The topological polar surface area (TPSA) is 0 Å². The summed E-state index contributed by atoms with van der Waals surface area (Å²) in [7, 11) is 0. The zero-order chi connectivity index (χ0) is 41.6. The Hall–Kier alpha value is -7.44. The van der Waals surface area contributed by atoms with Crippen molar-refractivity contribution in [2.75, 3.05) is 0 Å². The summed E-state index contributed by atoms with van der Waals surface area (Å²) in [6.45, 7) is 0. The Morgan fingerprint density at radius 2 is 0.820 bits per heavy atom. The molecule has 0 aliphatic carbocycles.